The Morgan fingerprint density at radius 3 is 2.62 bits per heavy atom. The molecule has 0 aromatic rings. The number of unbranched alkanes of at least 4 members (excludes halogenated alkanes) is 1. The van der Waals surface area contributed by atoms with Crippen molar-refractivity contribution in [2.75, 3.05) is 13.1 Å². The second-order valence-corrected chi connectivity index (χ2v) is 4.83. The second-order valence-electron chi connectivity index (χ2n) is 4.83. The molecule has 0 spiro atoms. The van der Waals surface area contributed by atoms with Gasteiger partial charge in [-0.25, -0.2) is 0 Å². The molecule has 96 valence electrons. The molecule has 1 nitrogen and oxygen atoms in total. The van der Waals surface area contributed by atoms with E-state index in [1.165, 1.54) is 0 Å². The minimum Gasteiger partial charge on any atom is -0.316 e. The fourth-order valence-corrected chi connectivity index (χ4v) is 2.38. The van der Waals surface area contributed by atoms with Crippen LogP contribution >= 0.6 is 0 Å². The van der Waals surface area contributed by atoms with Gasteiger partial charge in [0.05, 0.1) is 5.92 Å². The Morgan fingerprint density at radius 2 is 2.00 bits per heavy atom. The third-order valence-corrected chi connectivity index (χ3v) is 3.39. The fourth-order valence-electron chi connectivity index (χ4n) is 2.38. The third-order valence-electron chi connectivity index (χ3n) is 3.39. The van der Waals surface area contributed by atoms with Gasteiger partial charge in [0.1, 0.15) is 0 Å². The van der Waals surface area contributed by atoms with Crippen molar-refractivity contribution < 1.29 is 13.2 Å². The molecule has 2 atom stereocenters. The molecule has 1 rings (SSSR count). The van der Waals surface area contributed by atoms with Gasteiger partial charge in [-0.1, -0.05) is 19.8 Å². The Kier molecular flexibility index (Phi) is 5.59. The summed E-state index contributed by atoms with van der Waals surface area (Å²) < 4.78 is 37.6. The highest BCUT2D eigenvalue weighted by Gasteiger charge is 2.41. The Labute approximate surface area is 95.8 Å². The van der Waals surface area contributed by atoms with Crippen LogP contribution in [0.4, 0.5) is 13.2 Å². The van der Waals surface area contributed by atoms with E-state index in [1.807, 2.05) is 0 Å². The van der Waals surface area contributed by atoms with E-state index in [2.05, 4.69) is 12.2 Å². The van der Waals surface area contributed by atoms with Gasteiger partial charge in [-0.3, -0.25) is 0 Å². The normalized spacial score (nSPS) is 27.0. The molecule has 0 aliphatic heterocycles. The quantitative estimate of drug-likeness (QED) is 0.718. The number of halogens is 3. The van der Waals surface area contributed by atoms with E-state index >= 15 is 0 Å². The third kappa shape index (κ3) is 4.73. The maximum Gasteiger partial charge on any atom is 0.391 e. The van der Waals surface area contributed by atoms with Gasteiger partial charge in [-0.15, -0.1) is 0 Å². The van der Waals surface area contributed by atoms with Crippen LogP contribution in [0.1, 0.15) is 45.4 Å². The molecule has 1 saturated carbocycles. The van der Waals surface area contributed by atoms with Gasteiger partial charge in [0.25, 0.3) is 0 Å². The molecule has 0 heterocycles. The van der Waals surface area contributed by atoms with Crippen molar-refractivity contribution in [2.45, 2.75) is 51.6 Å². The van der Waals surface area contributed by atoms with Crippen molar-refractivity contribution in [3.63, 3.8) is 0 Å². The molecule has 0 aromatic heterocycles. The summed E-state index contributed by atoms with van der Waals surface area (Å²) in [4.78, 5) is 0. The van der Waals surface area contributed by atoms with E-state index in [-0.39, 0.29) is 5.92 Å². The monoisotopic (exact) mass is 237 g/mol. The second kappa shape index (κ2) is 6.48. The van der Waals surface area contributed by atoms with Crippen molar-refractivity contribution in [1.29, 1.82) is 0 Å². The zero-order valence-corrected chi connectivity index (χ0v) is 9.95. The van der Waals surface area contributed by atoms with Crippen LogP contribution in [-0.2, 0) is 0 Å². The molecule has 2 unspecified atom stereocenters. The van der Waals surface area contributed by atoms with Gasteiger partial charge >= 0.3 is 6.18 Å². The molecular formula is C12H22F3N. The Hall–Kier alpha value is -0.250. The lowest BCUT2D eigenvalue weighted by Gasteiger charge is -2.30. The minimum absolute atomic E-state index is 0.220. The van der Waals surface area contributed by atoms with Crippen LogP contribution in [-0.4, -0.2) is 19.3 Å². The molecule has 1 fully saturated rings. The van der Waals surface area contributed by atoms with Crippen molar-refractivity contribution in [3.8, 4) is 0 Å². The number of alkyl halides is 3. The Balaban J connectivity index is 2.23. The lowest BCUT2D eigenvalue weighted by Crippen LogP contribution is -2.33. The molecule has 1 aliphatic rings. The standard InChI is InChI=1S/C12H22F3N/c1-2-3-7-16-9-10-5-4-6-11(8-10)12(13,14)15/h10-11,16H,2-9H2,1H3. The van der Waals surface area contributed by atoms with Crippen LogP contribution in [0.25, 0.3) is 0 Å². The van der Waals surface area contributed by atoms with E-state index in [0.29, 0.717) is 12.8 Å². The number of nitrogens with one attached hydrogen (secondary N) is 1. The van der Waals surface area contributed by atoms with E-state index in [4.69, 9.17) is 0 Å². The van der Waals surface area contributed by atoms with Crippen LogP contribution in [0, 0.1) is 11.8 Å². The molecule has 0 radical (unpaired) electrons. The molecule has 1 aliphatic carbocycles. The summed E-state index contributed by atoms with van der Waals surface area (Å²) in [6.45, 7) is 3.80. The van der Waals surface area contributed by atoms with E-state index in [0.717, 1.165) is 38.8 Å². The lowest BCUT2D eigenvalue weighted by atomic mass is 9.81. The SMILES string of the molecule is CCCCNCC1CCCC(C(F)(F)F)C1. The van der Waals surface area contributed by atoms with E-state index in [9.17, 15) is 13.2 Å². The fraction of sp³-hybridized carbons (Fsp3) is 1.00. The summed E-state index contributed by atoms with van der Waals surface area (Å²) in [5.41, 5.74) is 0. The van der Waals surface area contributed by atoms with Gasteiger partial charge in [-0.05, 0) is 44.7 Å². The Bertz CT molecular complexity index is 191. The first-order valence-electron chi connectivity index (χ1n) is 6.31. The number of hydrogen-bond acceptors (Lipinski definition) is 1. The summed E-state index contributed by atoms with van der Waals surface area (Å²) in [5, 5.41) is 3.26. The highest BCUT2D eigenvalue weighted by molar-refractivity contribution is 4.78. The first-order valence-corrected chi connectivity index (χ1v) is 6.31. The molecule has 1 N–H and O–H groups in total. The van der Waals surface area contributed by atoms with Crippen molar-refractivity contribution in [1.82, 2.24) is 5.32 Å². The molecule has 4 heteroatoms. The van der Waals surface area contributed by atoms with Crippen molar-refractivity contribution in [3.05, 3.63) is 0 Å². The van der Waals surface area contributed by atoms with Gasteiger partial charge in [0, 0.05) is 0 Å². The summed E-state index contributed by atoms with van der Waals surface area (Å²) in [6.07, 6.45) is 0.577. The van der Waals surface area contributed by atoms with Crippen LogP contribution in [0.2, 0.25) is 0 Å². The topological polar surface area (TPSA) is 12.0 Å². The minimum atomic E-state index is -3.98. The first kappa shape index (κ1) is 13.8. The average Bonchev–Trinajstić information content (AvgIpc) is 2.24. The molecular weight excluding hydrogens is 215 g/mol. The molecule has 0 aromatic carbocycles. The van der Waals surface area contributed by atoms with Crippen LogP contribution in [0.15, 0.2) is 0 Å². The first-order chi connectivity index (χ1) is 7.54. The van der Waals surface area contributed by atoms with Crippen LogP contribution in [0.3, 0.4) is 0 Å². The molecule has 0 bridgehead atoms. The molecule has 0 amide bonds. The number of hydrogen-bond donors (Lipinski definition) is 1. The van der Waals surface area contributed by atoms with Gasteiger partial charge < -0.3 is 5.32 Å². The predicted molar refractivity (Wildman–Crippen MR) is 59.3 cm³/mol. The Morgan fingerprint density at radius 1 is 1.25 bits per heavy atom. The summed E-state index contributed by atoms with van der Waals surface area (Å²) in [7, 11) is 0. The van der Waals surface area contributed by atoms with Crippen molar-refractivity contribution >= 4 is 0 Å². The van der Waals surface area contributed by atoms with Crippen molar-refractivity contribution in [2.24, 2.45) is 11.8 Å². The van der Waals surface area contributed by atoms with Crippen LogP contribution < -0.4 is 5.32 Å². The zero-order chi connectivity index (χ0) is 12.0. The summed E-state index contributed by atoms with van der Waals surface area (Å²) >= 11 is 0. The molecule has 0 saturated heterocycles. The predicted octanol–water partition coefficient (Wildman–Crippen LogP) is 3.74. The summed E-state index contributed by atoms with van der Waals surface area (Å²) in [6, 6.07) is 0. The van der Waals surface area contributed by atoms with Gasteiger partial charge in [0.2, 0.25) is 0 Å². The van der Waals surface area contributed by atoms with E-state index in [1.54, 1.807) is 0 Å². The highest BCUT2D eigenvalue weighted by Crippen LogP contribution is 2.39. The summed E-state index contributed by atoms with van der Waals surface area (Å²) in [5.74, 6) is -0.837. The van der Waals surface area contributed by atoms with E-state index < -0.39 is 12.1 Å². The smallest absolute Gasteiger partial charge is 0.316 e. The lowest BCUT2D eigenvalue weighted by molar-refractivity contribution is -0.185. The molecule has 16 heavy (non-hydrogen) atoms. The zero-order valence-electron chi connectivity index (χ0n) is 9.95. The number of rotatable bonds is 5. The van der Waals surface area contributed by atoms with Gasteiger partial charge in [0.15, 0.2) is 0 Å². The highest BCUT2D eigenvalue weighted by atomic mass is 19.4. The largest absolute Gasteiger partial charge is 0.391 e. The maximum atomic E-state index is 12.5. The van der Waals surface area contributed by atoms with Gasteiger partial charge in [-0.2, -0.15) is 13.2 Å². The van der Waals surface area contributed by atoms with Crippen LogP contribution in [0.5, 0.6) is 0 Å². The maximum absolute atomic E-state index is 12.5. The average molecular weight is 237 g/mol.